The van der Waals surface area contributed by atoms with E-state index in [1.165, 1.54) is 6.92 Å². The molecule has 1 aromatic rings. The van der Waals surface area contributed by atoms with Gasteiger partial charge in [0.25, 0.3) is 5.91 Å². The highest BCUT2D eigenvalue weighted by molar-refractivity contribution is 5.98. The van der Waals surface area contributed by atoms with Crippen molar-refractivity contribution in [2.45, 2.75) is 32.9 Å². The van der Waals surface area contributed by atoms with Gasteiger partial charge in [0, 0.05) is 64.9 Å². The third-order valence-corrected chi connectivity index (χ3v) is 6.55. The number of carbonyl (C=O) groups excluding carboxylic acids is 3. The Labute approximate surface area is 207 Å². The van der Waals surface area contributed by atoms with Crippen LogP contribution in [0.3, 0.4) is 0 Å². The number of hydrogen-bond donors (Lipinski definition) is 1. The molecule has 0 bridgehead atoms. The summed E-state index contributed by atoms with van der Waals surface area (Å²) < 4.78 is 17.3. The number of rotatable bonds is 4. The lowest BCUT2D eigenvalue weighted by Crippen LogP contribution is -2.52. The summed E-state index contributed by atoms with van der Waals surface area (Å²) in [5.74, 6) is -0.0299. The Hall–Kier alpha value is -2.69. The zero-order valence-electron chi connectivity index (χ0n) is 21.4. The fourth-order valence-corrected chi connectivity index (χ4v) is 4.44. The van der Waals surface area contributed by atoms with Crippen LogP contribution in [-0.4, -0.2) is 111 Å². The first kappa shape index (κ1) is 26.9. The van der Waals surface area contributed by atoms with E-state index in [1.807, 2.05) is 18.7 Å². The molecular weight excluding hydrogens is 452 g/mol. The highest BCUT2D eigenvalue weighted by Gasteiger charge is 2.31. The monoisotopic (exact) mass is 490 g/mol. The van der Waals surface area contributed by atoms with Crippen LogP contribution >= 0.6 is 0 Å². The number of ether oxygens (including phenoxy) is 3. The number of nitrogens with one attached hydrogen (secondary N) is 1. The molecule has 3 rings (SSSR count). The van der Waals surface area contributed by atoms with Gasteiger partial charge < -0.3 is 29.3 Å². The molecule has 1 fully saturated rings. The minimum absolute atomic E-state index is 0.00706. The summed E-state index contributed by atoms with van der Waals surface area (Å²) in [6, 6.07) is 4.74. The molecule has 10 heteroatoms. The van der Waals surface area contributed by atoms with Crippen molar-refractivity contribution in [3.8, 4) is 5.75 Å². The molecule has 10 nitrogen and oxygen atoms in total. The number of fused-ring (bicyclic) bond motifs is 1. The van der Waals surface area contributed by atoms with E-state index < -0.39 is 0 Å². The van der Waals surface area contributed by atoms with Crippen molar-refractivity contribution in [1.29, 1.82) is 0 Å². The number of carbonyl (C=O) groups is 3. The van der Waals surface area contributed by atoms with Crippen LogP contribution in [-0.2, 0) is 19.1 Å². The zero-order chi connectivity index (χ0) is 25.5. The number of methoxy groups -OCH3 is 1. The molecule has 0 radical (unpaired) electrons. The van der Waals surface area contributed by atoms with Crippen molar-refractivity contribution in [1.82, 2.24) is 14.7 Å². The van der Waals surface area contributed by atoms with Crippen molar-refractivity contribution in [3.63, 3.8) is 0 Å². The van der Waals surface area contributed by atoms with Crippen LogP contribution in [0.15, 0.2) is 18.2 Å². The van der Waals surface area contributed by atoms with Gasteiger partial charge in [-0.25, -0.2) is 0 Å². The Morgan fingerprint density at radius 3 is 2.54 bits per heavy atom. The summed E-state index contributed by atoms with van der Waals surface area (Å²) in [6.07, 6.45) is -0.253. The standard InChI is InChI=1S/C25H38N4O6/c1-17-13-29(24(31)15-28-8-10-34-11-9-28)18(2)16-35-22-12-20(26-19(3)30)6-7-21(22)25(32)27(4)14-23(17)33-5/h6-7,12,17-18,23H,8-11,13-16H2,1-5H3,(H,26,30)/t17-,18+,23-/m0/s1. The van der Waals surface area contributed by atoms with E-state index in [9.17, 15) is 14.4 Å². The first-order valence-corrected chi connectivity index (χ1v) is 12.1. The van der Waals surface area contributed by atoms with E-state index in [2.05, 4.69) is 10.2 Å². The summed E-state index contributed by atoms with van der Waals surface area (Å²) in [5, 5.41) is 2.73. The predicted molar refractivity (Wildman–Crippen MR) is 132 cm³/mol. The lowest BCUT2D eigenvalue weighted by atomic mass is 10.0. The molecule has 3 amide bonds. The number of hydrogen-bond acceptors (Lipinski definition) is 7. The van der Waals surface area contributed by atoms with Gasteiger partial charge in [0.1, 0.15) is 12.4 Å². The van der Waals surface area contributed by atoms with Gasteiger partial charge in [-0.05, 0) is 19.1 Å². The third kappa shape index (κ3) is 7.16. The van der Waals surface area contributed by atoms with Gasteiger partial charge in [-0.15, -0.1) is 0 Å². The Bertz CT molecular complexity index is 904. The average Bonchev–Trinajstić information content (AvgIpc) is 2.83. The molecule has 194 valence electrons. The van der Waals surface area contributed by atoms with Crippen molar-refractivity contribution in [3.05, 3.63) is 23.8 Å². The van der Waals surface area contributed by atoms with Gasteiger partial charge in [0.2, 0.25) is 11.8 Å². The third-order valence-electron chi connectivity index (χ3n) is 6.55. The molecule has 0 aliphatic carbocycles. The first-order chi connectivity index (χ1) is 16.7. The average molecular weight is 491 g/mol. The quantitative estimate of drug-likeness (QED) is 0.679. The zero-order valence-corrected chi connectivity index (χ0v) is 21.4. The van der Waals surface area contributed by atoms with Gasteiger partial charge in [-0.2, -0.15) is 0 Å². The largest absolute Gasteiger partial charge is 0.491 e. The number of morpholine rings is 1. The van der Waals surface area contributed by atoms with Crippen LogP contribution in [0.1, 0.15) is 31.1 Å². The predicted octanol–water partition coefficient (Wildman–Crippen LogP) is 1.31. The van der Waals surface area contributed by atoms with Crippen LogP contribution in [0.4, 0.5) is 5.69 Å². The molecule has 1 saturated heterocycles. The molecule has 3 atom stereocenters. The summed E-state index contributed by atoms with van der Waals surface area (Å²) in [4.78, 5) is 43.8. The summed E-state index contributed by atoms with van der Waals surface area (Å²) in [5.41, 5.74) is 0.929. The van der Waals surface area contributed by atoms with E-state index in [0.717, 1.165) is 13.1 Å². The smallest absolute Gasteiger partial charge is 0.257 e. The van der Waals surface area contributed by atoms with Gasteiger partial charge >= 0.3 is 0 Å². The highest BCUT2D eigenvalue weighted by atomic mass is 16.5. The maximum Gasteiger partial charge on any atom is 0.257 e. The van der Waals surface area contributed by atoms with Gasteiger partial charge in [-0.1, -0.05) is 6.92 Å². The number of anilines is 1. The second-order valence-corrected chi connectivity index (χ2v) is 9.42. The molecular formula is C25H38N4O6. The van der Waals surface area contributed by atoms with Crippen molar-refractivity contribution < 1.29 is 28.6 Å². The molecule has 35 heavy (non-hydrogen) atoms. The van der Waals surface area contributed by atoms with E-state index in [4.69, 9.17) is 14.2 Å². The van der Waals surface area contributed by atoms with E-state index in [-0.39, 0.29) is 42.4 Å². The topological polar surface area (TPSA) is 101 Å². The normalized spacial score (nSPS) is 24.6. The minimum atomic E-state index is -0.253. The molecule has 2 aliphatic rings. The Morgan fingerprint density at radius 1 is 1.17 bits per heavy atom. The SMILES string of the molecule is CO[C@H]1CN(C)C(=O)c2ccc(NC(C)=O)cc2OC[C@@H](C)N(C(=O)CN2CCOCC2)C[C@@H]1C. The van der Waals surface area contributed by atoms with Gasteiger partial charge in [-0.3, -0.25) is 19.3 Å². The molecule has 0 saturated carbocycles. The van der Waals surface area contributed by atoms with E-state index in [1.54, 1.807) is 37.3 Å². The fourth-order valence-electron chi connectivity index (χ4n) is 4.44. The second kappa shape index (κ2) is 12.3. The Balaban J connectivity index is 1.90. The first-order valence-electron chi connectivity index (χ1n) is 12.1. The molecule has 0 spiro atoms. The van der Waals surface area contributed by atoms with Crippen LogP contribution in [0.2, 0.25) is 0 Å². The van der Waals surface area contributed by atoms with E-state index >= 15 is 0 Å². The molecule has 0 unspecified atom stereocenters. The number of benzene rings is 1. The number of nitrogens with zero attached hydrogens (tertiary/aromatic N) is 3. The number of amides is 3. The molecule has 2 aliphatic heterocycles. The lowest BCUT2D eigenvalue weighted by Gasteiger charge is -2.37. The molecule has 2 heterocycles. The summed E-state index contributed by atoms with van der Waals surface area (Å²) in [6.45, 7) is 9.48. The van der Waals surface area contributed by atoms with Crippen molar-refractivity contribution in [2.75, 3.05) is 72.0 Å². The lowest BCUT2D eigenvalue weighted by molar-refractivity contribution is -0.137. The van der Waals surface area contributed by atoms with E-state index in [0.29, 0.717) is 49.8 Å². The molecule has 1 N–H and O–H groups in total. The molecule has 0 aromatic heterocycles. The Kier molecular flexibility index (Phi) is 9.47. The van der Waals surface area contributed by atoms with Crippen LogP contribution in [0.5, 0.6) is 5.75 Å². The maximum absolute atomic E-state index is 13.4. The van der Waals surface area contributed by atoms with Crippen LogP contribution in [0, 0.1) is 5.92 Å². The van der Waals surface area contributed by atoms with Crippen molar-refractivity contribution in [2.24, 2.45) is 5.92 Å². The molecule has 1 aromatic carbocycles. The van der Waals surface area contributed by atoms with Crippen LogP contribution < -0.4 is 10.1 Å². The maximum atomic E-state index is 13.4. The Morgan fingerprint density at radius 2 is 1.89 bits per heavy atom. The fraction of sp³-hybridized carbons (Fsp3) is 0.640. The van der Waals surface area contributed by atoms with Crippen LogP contribution in [0.25, 0.3) is 0 Å². The minimum Gasteiger partial charge on any atom is -0.491 e. The van der Waals surface area contributed by atoms with Gasteiger partial charge in [0.05, 0.1) is 37.5 Å². The number of likely N-dealkylation sites (N-methyl/N-ethyl adjacent to an activating group) is 1. The second-order valence-electron chi connectivity index (χ2n) is 9.42. The summed E-state index contributed by atoms with van der Waals surface area (Å²) >= 11 is 0. The van der Waals surface area contributed by atoms with Crippen molar-refractivity contribution >= 4 is 23.4 Å². The summed E-state index contributed by atoms with van der Waals surface area (Å²) in [7, 11) is 3.35. The highest BCUT2D eigenvalue weighted by Crippen LogP contribution is 2.27. The van der Waals surface area contributed by atoms with Gasteiger partial charge in [0.15, 0.2) is 0 Å².